The summed E-state index contributed by atoms with van der Waals surface area (Å²) in [5.41, 5.74) is 1.36. The minimum atomic E-state index is 0.625. The van der Waals surface area contributed by atoms with Gasteiger partial charge in [0.25, 0.3) is 0 Å². The second-order valence-electron chi connectivity index (χ2n) is 6.17. The highest BCUT2D eigenvalue weighted by Gasteiger charge is 2.21. The van der Waals surface area contributed by atoms with E-state index in [-0.39, 0.29) is 0 Å². The van der Waals surface area contributed by atoms with E-state index < -0.39 is 0 Å². The Morgan fingerprint density at radius 1 is 1.19 bits per heavy atom. The molecular formula is C18H30N2O. The normalized spacial score (nSPS) is 22.8. The molecule has 0 spiro atoms. The minimum Gasteiger partial charge on any atom is -0.492 e. The summed E-state index contributed by atoms with van der Waals surface area (Å²) in [6, 6.07) is 2.87. The van der Waals surface area contributed by atoms with Gasteiger partial charge in [0.05, 0.1) is 12.8 Å². The van der Waals surface area contributed by atoms with Crippen molar-refractivity contribution < 1.29 is 4.74 Å². The molecule has 1 aliphatic rings. The number of nitrogens with zero attached hydrogens (tertiary/aromatic N) is 1. The molecule has 21 heavy (non-hydrogen) atoms. The van der Waals surface area contributed by atoms with Gasteiger partial charge in [-0.15, -0.1) is 0 Å². The molecule has 118 valence electrons. The van der Waals surface area contributed by atoms with Gasteiger partial charge in [-0.25, -0.2) is 0 Å². The van der Waals surface area contributed by atoms with E-state index in [1.165, 1.54) is 44.1 Å². The first-order chi connectivity index (χ1) is 10.3. The molecule has 1 aromatic heterocycles. The fourth-order valence-electron chi connectivity index (χ4n) is 3.15. The van der Waals surface area contributed by atoms with Crippen LogP contribution in [0.1, 0.15) is 70.3 Å². The fraction of sp³-hybridized carbons (Fsp3) is 0.722. The molecule has 1 heterocycles. The van der Waals surface area contributed by atoms with Crippen LogP contribution in [0.15, 0.2) is 18.5 Å². The maximum atomic E-state index is 5.73. The number of hydrogen-bond acceptors (Lipinski definition) is 3. The number of hydrogen-bond donors (Lipinski definition) is 1. The third kappa shape index (κ3) is 5.31. The molecule has 2 atom stereocenters. The molecule has 0 saturated heterocycles. The van der Waals surface area contributed by atoms with Crippen LogP contribution in [0.5, 0.6) is 5.75 Å². The van der Waals surface area contributed by atoms with E-state index >= 15 is 0 Å². The summed E-state index contributed by atoms with van der Waals surface area (Å²) in [4.78, 5) is 4.39. The summed E-state index contributed by atoms with van der Waals surface area (Å²) in [5.74, 6) is 1.55. The first-order valence-electron chi connectivity index (χ1n) is 8.64. The maximum absolute atomic E-state index is 5.73. The largest absolute Gasteiger partial charge is 0.492 e. The maximum Gasteiger partial charge on any atom is 0.137 e. The third-order valence-electron chi connectivity index (χ3n) is 4.29. The Kier molecular flexibility index (Phi) is 7.01. The van der Waals surface area contributed by atoms with Crippen LogP contribution in [-0.2, 0) is 0 Å². The summed E-state index contributed by atoms with van der Waals surface area (Å²) >= 11 is 0. The number of rotatable bonds is 7. The lowest BCUT2D eigenvalue weighted by atomic mass is 9.91. The Morgan fingerprint density at radius 2 is 2.05 bits per heavy atom. The molecule has 1 aliphatic carbocycles. The molecule has 1 fully saturated rings. The Bertz CT molecular complexity index is 408. The van der Waals surface area contributed by atoms with Crippen molar-refractivity contribution in [2.75, 3.05) is 13.2 Å². The highest BCUT2D eigenvalue weighted by Crippen LogP contribution is 2.32. The average molecular weight is 290 g/mol. The molecule has 2 unspecified atom stereocenters. The number of pyridine rings is 1. The zero-order valence-electron chi connectivity index (χ0n) is 13.6. The van der Waals surface area contributed by atoms with Crippen LogP contribution in [0.25, 0.3) is 0 Å². The standard InChI is InChI=1S/C18H30N2O/c1-3-9-20-17-8-6-5-7-15(11-17)16-12-18(14-19-13-16)21-10-4-2/h12-15,17,20H,3-11H2,1-2H3. The van der Waals surface area contributed by atoms with Crippen molar-refractivity contribution in [1.29, 1.82) is 0 Å². The monoisotopic (exact) mass is 290 g/mol. The van der Waals surface area contributed by atoms with E-state index in [0.717, 1.165) is 25.3 Å². The van der Waals surface area contributed by atoms with Crippen molar-refractivity contribution in [2.24, 2.45) is 0 Å². The molecule has 0 aromatic carbocycles. The highest BCUT2D eigenvalue weighted by atomic mass is 16.5. The van der Waals surface area contributed by atoms with Gasteiger partial charge in [0.2, 0.25) is 0 Å². The third-order valence-corrected chi connectivity index (χ3v) is 4.29. The van der Waals surface area contributed by atoms with Crippen molar-refractivity contribution in [2.45, 2.75) is 70.8 Å². The molecule has 0 aliphatic heterocycles. The van der Waals surface area contributed by atoms with Crippen LogP contribution < -0.4 is 10.1 Å². The van der Waals surface area contributed by atoms with E-state index in [9.17, 15) is 0 Å². The smallest absolute Gasteiger partial charge is 0.137 e. The SMILES string of the molecule is CCCNC1CCCCC(c2cncc(OCCC)c2)C1. The second kappa shape index (κ2) is 9.04. The zero-order chi connectivity index (χ0) is 14.9. The molecule has 0 bridgehead atoms. The van der Waals surface area contributed by atoms with Crippen molar-refractivity contribution >= 4 is 0 Å². The van der Waals surface area contributed by atoms with Gasteiger partial charge >= 0.3 is 0 Å². The van der Waals surface area contributed by atoms with Crippen molar-refractivity contribution in [3.63, 3.8) is 0 Å². The lowest BCUT2D eigenvalue weighted by Gasteiger charge is -2.21. The van der Waals surface area contributed by atoms with Crippen LogP contribution in [0.4, 0.5) is 0 Å². The van der Waals surface area contributed by atoms with Crippen LogP contribution in [0.3, 0.4) is 0 Å². The van der Waals surface area contributed by atoms with Crippen LogP contribution in [-0.4, -0.2) is 24.2 Å². The van der Waals surface area contributed by atoms with Gasteiger partial charge in [0.15, 0.2) is 0 Å². The summed E-state index contributed by atoms with van der Waals surface area (Å²) < 4.78 is 5.73. The lowest BCUT2D eigenvalue weighted by molar-refractivity contribution is 0.315. The Labute approximate surface area is 129 Å². The van der Waals surface area contributed by atoms with Crippen LogP contribution >= 0.6 is 0 Å². The first-order valence-corrected chi connectivity index (χ1v) is 8.64. The molecule has 3 heteroatoms. The van der Waals surface area contributed by atoms with Gasteiger partial charge in [-0.05, 0) is 56.2 Å². The summed E-state index contributed by atoms with van der Waals surface area (Å²) in [5, 5.41) is 3.71. The van der Waals surface area contributed by atoms with Gasteiger partial charge < -0.3 is 10.1 Å². The molecule has 0 amide bonds. The van der Waals surface area contributed by atoms with E-state index in [2.05, 4.69) is 30.2 Å². The van der Waals surface area contributed by atoms with Crippen molar-refractivity contribution in [1.82, 2.24) is 10.3 Å². The van der Waals surface area contributed by atoms with Crippen molar-refractivity contribution in [3.05, 3.63) is 24.0 Å². The topological polar surface area (TPSA) is 34.2 Å². The zero-order valence-corrected chi connectivity index (χ0v) is 13.6. The van der Waals surface area contributed by atoms with Gasteiger partial charge in [-0.1, -0.05) is 26.7 Å². The quantitative estimate of drug-likeness (QED) is 0.761. The number of nitrogens with one attached hydrogen (secondary N) is 1. The Hall–Kier alpha value is -1.09. The van der Waals surface area contributed by atoms with Gasteiger partial charge in [0.1, 0.15) is 5.75 Å². The predicted molar refractivity (Wildman–Crippen MR) is 87.9 cm³/mol. The molecule has 3 nitrogen and oxygen atoms in total. The fourth-order valence-corrected chi connectivity index (χ4v) is 3.15. The summed E-state index contributed by atoms with van der Waals surface area (Å²) in [6.07, 6.45) is 12.6. The van der Waals surface area contributed by atoms with Crippen LogP contribution in [0, 0.1) is 0 Å². The molecule has 2 rings (SSSR count). The van der Waals surface area contributed by atoms with Crippen molar-refractivity contribution in [3.8, 4) is 5.75 Å². The van der Waals surface area contributed by atoms with E-state index in [1.54, 1.807) is 0 Å². The van der Waals surface area contributed by atoms with E-state index in [1.807, 2.05) is 12.4 Å². The number of aromatic nitrogens is 1. The van der Waals surface area contributed by atoms with Gasteiger partial charge in [-0.3, -0.25) is 4.98 Å². The second-order valence-corrected chi connectivity index (χ2v) is 6.17. The molecule has 1 N–H and O–H groups in total. The molecule has 0 radical (unpaired) electrons. The average Bonchev–Trinajstić information content (AvgIpc) is 2.77. The Balaban J connectivity index is 2.00. The molecule has 1 aromatic rings. The Morgan fingerprint density at radius 3 is 2.86 bits per heavy atom. The first kappa shape index (κ1) is 16.3. The van der Waals surface area contributed by atoms with E-state index in [4.69, 9.17) is 4.74 Å². The molecular weight excluding hydrogens is 260 g/mol. The number of ether oxygens (including phenoxy) is 1. The summed E-state index contributed by atoms with van der Waals surface area (Å²) in [7, 11) is 0. The van der Waals surface area contributed by atoms with Crippen LogP contribution in [0.2, 0.25) is 0 Å². The van der Waals surface area contributed by atoms with E-state index in [0.29, 0.717) is 12.0 Å². The molecule has 1 saturated carbocycles. The lowest BCUT2D eigenvalue weighted by Crippen LogP contribution is -2.30. The highest BCUT2D eigenvalue weighted by molar-refractivity contribution is 5.26. The predicted octanol–water partition coefficient (Wildman–Crippen LogP) is 4.29. The minimum absolute atomic E-state index is 0.625. The summed E-state index contributed by atoms with van der Waals surface area (Å²) in [6.45, 7) is 6.28. The van der Waals surface area contributed by atoms with Gasteiger partial charge in [0, 0.05) is 12.2 Å². The van der Waals surface area contributed by atoms with Gasteiger partial charge in [-0.2, -0.15) is 0 Å².